The molecule has 0 fully saturated rings. The average Bonchev–Trinajstić information content (AvgIpc) is 2.87. The second-order valence-corrected chi connectivity index (χ2v) is 8.02. The minimum atomic E-state index is 0.146. The summed E-state index contributed by atoms with van der Waals surface area (Å²) in [6, 6.07) is 16.4. The lowest BCUT2D eigenvalue weighted by Gasteiger charge is -2.11. The Morgan fingerprint density at radius 3 is 2.49 bits per heavy atom. The molecule has 0 saturated heterocycles. The van der Waals surface area contributed by atoms with Crippen LogP contribution in [-0.2, 0) is 0 Å². The van der Waals surface area contributed by atoms with E-state index in [1.165, 1.54) is 0 Å². The molecule has 0 aromatic heterocycles. The highest BCUT2D eigenvalue weighted by molar-refractivity contribution is 6.14. The smallest absolute Gasteiger partial charge is 0.161 e. The topological polar surface area (TPSA) is 49.4 Å². The van der Waals surface area contributed by atoms with Gasteiger partial charge in [-0.3, -0.25) is 9.98 Å². The van der Waals surface area contributed by atoms with Crippen LogP contribution in [-0.4, -0.2) is 31.1 Å². The number of hydrogen-bond acceptors (Lipinski definition) is 2. The van der Waals surface area contributed by atoms with Crippen LogP contribution in [0.3, 0.4) is 0 Å². The first kappa shape index (κ1) is 27.3. The van der Waals surface area contributed by atoms with Gasteiger partial charge >= 0.3 is 0 Å². The molecule has 0 aliphatic heterocycles. The normalized spacial score (nSPS) is 14.6. The predicted molar refractivity (Wildman–Crippen MR) is 155 cm³/mol. The van der Waals surface area contributed by atoms with Gasteiger partial charge in [-0.15, -0.1) is 0 Å². The second kappa shape index (κ2) is 15.1. The Morgan fingerprint density at radius 1 is 1.06 bits per heavy atom. The molecule has 0 radical (unpaired) electrons. The van der Waals surface area contributed by atoms with Crippen LogP contribution in [0.2, 0.25) is 0 Å². The van der Waals surface area contributed by atoms with Gasteiger partial charge in [0.15, 0.2) is 11.7 Å². The number of nitrogens with zero attached hydrogens (tertiary/aromatic N) is 4. The van der Waals surface area contributed by atoms with E-state index in [1.54, 1.807) is 19.3 Å². The molecule has 4 nitrogen and oxygen atoms in total. The highest BCUT2D eigenvalue weighted by Gasteiger charge is 2.11. The van der Waals surface area contributed by atoms with E-state index in [-0.39, 0.29) is 5.92 Å². The first-order valence-electron chi connectivity index (χ1n) is 11.9. The zero-order valence-electron chi connectivity index (χ0n) is 21.5. The molecule has 0 heterocycles. The summed E-state index contributed by atoms with van der Waals surface area (Å²) in [5, 5.41) is 0. The monoisotopic (exact) mass is 464 g/mol. The molecule has 0 saturated carbocycles. The number of aryl methyl sites for hydroxylation is 1. The zero-order valence-corrected chi connectivity index (χ0v) is 21.5. The summed E-state index contributed by atoms with van der Waals surface area (Å²) in [5.74, 6) is 1.36. The van der Waals surface area contributed by atoms with E-state index in [2.05, 4.69) is 55.5 Å². The summed E-state index contributed by atoms with van der Waals surface area (Å²) >= 11 is 0. The minimum Gasteiger partial charge on any atom is -0.270 e. The van der Waals surface area contributed by atoms with Crippen molar-refractivity contribution in [3.05, 3.63) is 120 Å². The van der Waals surface area contributed by atoms with Gasteiger partial charge in [-0.2, -0.15) is 0 Å². The first-order valence-corrected chi connectivity index (χ1v) is 11.9. The van der Waals surface area contributed by atoms with E-state index < -0.39 is 0 Å². The lowest BCUT2D eigenvalue weighted by atomic mass is 9.97. The number of aliphatic imine (C=N–C) groups is 4. The molecule has 1 atom stereocenters. The lowest BCUT2D eigenvalue weighted by molar-refractivity contribution is 1.04. The fraction of sp³-hybridized carbons (Fsp3) is 0.226. The number of benzene rings is 2. The molecule has 0 N–H and O–H groups in total. The van der Waals surface area contributed by atoms with Gasteiger partial charge in [-0.1, -0.05) is 92.8 Å². The van der Waals surface area contributed by atoms with E-state index in [9.17, 15) is 0 Å². The Hall–Kier alpha value is -3.92. The second-order valence-electron chi connectivity index (χ2n) is 8.02. The van der Waals surface area contributed by atoms with Crippen molar-refractivity contribution in [1.29, 1.82) is 0 Å². The molecule has 180 valence electrons. The molecule has 1 unspecified atom stereocenters. The molecule has 35 heavy (non-hydrogen) atoms. The molecular weight excluding hydrogens is 428 g/mol. The van der Waals surface area contributed by atoms with Crippen LogP contribution < -0.4 is 0 Å². The Morgan fingerprint density at radius 2 is 1.83 bits per heavy atom. The standard InChI is InChI=1S/C31H36N4/c1-7-10-18-33-22-25(5)28-19-24(4)20-29(21-28)31(34-23-26(14-8-2)15-9-3)35-30(32-6)27-16-12-11-13-17-27/h8-23,25H,2,7H2,1,3-6H3/b15-9-,18-10-,26-14+,32-30?,33-22?,34-23?,35-31?. The van der Waals surface area contributed by atoms with E-state index in [0.717, 1.165) is 34.2 Å². The third kappa shape index (κ3) is 9.09. The Kier molecular flexibility index (Phi) is 11.8. The Bertz CT molecular complexity index is 1180. The van der Waals surface area contributed by atoms with Gasteiger partial charge in [-0.25, -0.2) is 9.98 Å². The maximum absolute atomic E-state index is 4.90. The van der Waals surface area contributed by atoms with Crippen LogP contribution in [0, 0.1) is 6.92 Å². The summed E-state index contributed by atoms with van der Waals surface area (Å²) in [6.45, 7) is 12.1. The molecule has 0 aliphatic carbocycles. The van der Waals surface area contributed by atoms with Gasteiger partial charge in [0.1, 0.15) is 0 Å². The molecular formula is C31H36N4. The summed E-state index contributed by atoms with van der Waals surface area (Å²) in [4.78, 5) is 18.6. The Balaban J connectivity index is 2.61. The SMILES string of the molecule is C=C/C=C(C=NC(=NC(=NC)c1ccccc1)c1cc(C)cc(C(C)C=N/C=C\CC)c1)\C=C/C. The molecule has 2 aromatic rings. The maximum atomic E-state index is 4.90. The van der Waals surface area contributed by atoms with Gasteiger partial charge in [0.25, 0.3) is 0 Å². The largest absolute Gasteiger partial charge is 0.270 e. The van der Waals surface area contributed by atoms with Crippen molar-refractivity contribution in [2.24, 2.45) is 20.0 Å². The first-order chi connectivity index (χ1) is 17.0. The molecule has 0 amide bonds. The van der Waals surface area contributed by atoms with Crippen LogP contribution in [0.15, 0.2) is 117 Å². The van der Waals surface area contributed by atoms with E-state index in [0.29, 0.717) is 11.7 Å². The number of rotatable bonds is 9. The average molecular weight is 465 g/mol. The Labute approximate surface area is 210 Å². The lowest BCUT2D eigenvalue weighted by Crippen LogP contribution is -2.07. The highest BCUT2D eigenvalue weighted by atomic mass is 15.0. The molecule has 4 heteroatoms. The van der Waals surface area contributed by atoms with Crippen molar-refractivity contribution in [3.63, 3.8) is 0 Å². The quantitative estimate of drug-likeness (QED) is 0.208. The third-order valence-electron chi connectivity index (χ3n) is 5.08. The zero-order chi connectivity index (χ0) is 25.5. The van der Waals surface area contributed by atoms with Gasteiger partial charge < -0.3 is 0 Å². The minimum absolute atomic E-state index is 0.146. The van der Waals surface area contributed by atoms with Crippen molar-refractivity contribution in [3.8, 4) is 0 Å². The van der Waals surface area contributed by atoms with E-state index in [4.69, 9.17) is 9.98 Å². The van der Waals surface area contributed by atoms with Gasteiger partial charge in [0.05, 0.1) is 0 Å². The van der Waals surface area contributed by atoms with Crippen molar-refractivity contribution < 1.29 is 0 Å². The predicted octanol–water partition coefficient (Wildman–Crippen LogP) is 7.68. The van der Waals surface area contributed by atoms with Crippen LogP contribution in [0.25, 0.3) is 0 Å². The third-order valence-corrected chi connectivity index (χ3v) is 5.08. The van der Waals surface area contributed by atoms with Crippen molar-refractivity contribution >= 4 is 24.1 Å². The number of allylic oxidation sites excluding steroid dienone is 6. The molecule has 2 aromatic carbocycles. The van der Waals surface area contributed by atoms with Crippen LogP contribution >= 0.6 is 0 Å². The van der Waals surface area contributed by atoms with Crippen LogP contribution in [0.4, 0.5) is 0 Å². The van der Waals surface area contributed by atoms with Gasteiger partial charge in [-0.05, 0) is 43.5 Å². The fourth-order valence-electron chi connectivity index (χ4n) is 3.34. The highest BCUT2D eigenvalue weighted by Crippen LogP contribution is 2.20. The van der Waals surface area contributed by atoms with Crippen LogP contribution in [0.5, 0.6) is 0 Å². The summed E-state index contributed by atoms with van der Waals surface area (Å²) in [7, 11) is 1.75. The van der Waals surface area contributed by atoms with Gasteiger partial charge in [0, 0.05) is 42.7 Å². The summed E-state index contributed by atoms with van der Waals surface area (Å²) in [5.41, 5.74) is 5.09. The van der Waals surface area contributed by atoms with E-state index in [1.807, 2.05) is 74.0 Å². The van der Waals surface area contributed by atoms with Crippen molar-refractivity contribution in [2.45, 2.75) is 40.0 Å². The van der Waals surface area contributed by atoms with Gasteiger partial charge in [0.2, 0.25) is 0 Å². The van der Waals surface area contributed by atoms with E-state index >= 15 is 0 Å². The van der Waals surface area contributed by atoms with Crippen LogP contribution in [0.1, 0.15) is 55.4 Å². The summed E-state index contributed by atoms with van der Waals surface area (Å²) < 4.78 is 0. The van der Waals surface area contributed by atoms with Crippen molar-refractivity contribution in [2.75, 3.05) is 7.05 Å². The molecule has 2 rings (SSSR count). The number of hydrogen-bond donors (Lipinski definition) is 0. The molecule has 0 aliphatic rings. The van der Waals surface area contributed by atoms with Crippen molar-refractivity contribution in [1.82, 2.24) is 0 Å². The number of amidine groups is 2. The fourth-order valence-corrected chi connectivity index (χ4v) is 3.34. The molecule has 0 bridgehead atoms. The summed E-state index contributed by atoms with van der Waals surface area (Å²) in [6.07, 6.45) is 16.2. The molecule has 0 spiro atoms. The maximum Gasteiger partial charge on any atom is 0.161 e.